The molecule has 0 aliphatic carbocycles. The molecule has 3 rings (SSSR count). The van der Waals surface area contributed by atoms with Gasteiger partial charge in [0.1, 0.15) is 19.0 Å². The van der Waals surface area contributed by atoms with Crippen molar-refractivity contribution in [1.29, 1.82) is 0 Å². The monoisotopic (exact) mass is 305 g/mol. The maximum Gasteiger partial charge on any atom is 0.162 e. The Balaban J connectivity index is 1.83. The topological polar surface area (TPSA) is 44.5 Å². The van der Waals surface area contributed by atoms with E-state index in [0.717, 1.165) is 16.2 Å². The van der Waals surface area contributed by atoms with Gasteiger partial charge >= 0.3 is 0 Å². The fourth-order valence-electron chi connectivity index (χ4n) is 2.10. The molecule has 1 aliphatic heterocycles. The van der Waals surface area contributed by atoms with Crippen LogP contribution in [0.4, 0.5) is 4.39 Å². The van der Waals surface area contributed by atoms with Crippen molar-refractivity contribution in [3.05, 3.63) is 47.8 Å². The summed E-state index contributed by atoms with van der Waals surface area (Å²) in [6.07, 6.45) is 0. The Morgan fingerprint density at radius 1 is 1.10 bits per heavy atom. The molecule has 1 aliphatic rings. The van der Waals surface area contributed by atoms with Crippen LogP contribution in [0.5, 0.6) is 11.5 Å². The third kappa shape index (κ3) is 3.14. The largest absolute Gasteiger partial charge is 0.486 e. The van der Waals surface area contributed by atoms with E-state index in [1.54, 1.807) is 6.07 Å². The van der Waals surface area contributed by atoms with Gasteiger partial charge in [0.15, 0.2) is 11.5 Å². The van der Waals surface area contributed by atoms with Crippen molar-refractivity contribution >= 4 is 11.8 Å². The Morgan fingerprint density at radius 2 is 1.86 bits per heavy atom. The molecule has 1 heterocycles. The van der Waals surface area contributed by atoms with Crippen LogP contribution in [0.2, 0.25) is 0 Å². The van der Waals surface area contributed by atoms with Crippen molar-refractivity contribution in [3.8, 4) is 11.5 Å². The molecule has 0 aromatic heterocycles. The highest BCUT2D eigenvalue weighted by Gasteiger charge is 2.13. The molecule has 5 heteroatoms. The fourth-order valence-corrected chi connectivity index (χ4v) is 2.95. The van der Waals surface area contributed by atoms with Gasteiger partial charge in [-0.25, -0.2) is 4.39 Å². The van der Waals surface area contributed by atoms with E-state index in [1.807, 2.05) is 31.2 Å². The summed E-state index contributed by atoms with van der Waals surface area (Å²) in [5.74, 6) is 1.18. The van der Waals surface area contributed by atoms with Crippen LogP contribution in [-0.4, -0.2) is 13.2 Å². The number of hydrogen-bond donors (Lipinski definition) is 1. The van der Waals surface area contributed by atoms with Gasteiger partial charge in [0.2, 0.25) is 0 Å². The third-order valence-corrected chi connectivity index (χ3v) is 4.26. The Hall–Kier alpha value is -1.72. The normalized spacial score (nSPS) is 14.8. The lowest BCUT2D eigenvalue weighted by molar-refractivity contribution is 0.171. The van der Waals surface area contributed by atoms with Gasteiger partial charge in [0.05, 0.1) is 0 Å². The van der Waals surface area contributed by atoms with Gasteiger partial charge in [-0.05, 0) is 42.8 Å². The van der Waals surface area contributed by atoms with Gasteiger partial charge in [-0.15, -0.1) is 0 Å². The maximum atomic E-state index is 14.1. The van der Waals surface area contributed by atoms with Crippen molar-refractivity contribution in [2.75, 3.05) is 13.2 Å². The first-order valence-corrected chi connectivity index (χ1v) is 7.57. The van der Waals surface area contributed by atoms with Gasteiger partial charge in [0, 0.05) is 15.8 Å². The first-order chi connectivity index (χ1) is 10.1. The number of rotatable bonds is 3. The Bertz CT molecular complexity index is 661. The number of fused-ring (bicyclic) bond motifs is 1. The van der Waals surface area contributed by atoms with Gasteiger partial charge in [-0.3, -0.25) is 0 Å². The van der Waals surface area contributed by atoms with E-state index >= 15 is 0 Å². The lowest BCUT2D eigenvalue weighted by atomic mass is 10.1. The smallest absolute Gasteiger partial charge is 0.162 e. The molecule has 0 fully saturated rings. The van der Waals surface area contributed by atoms with Crippen LogP contribution in [0.1, 0.15) is 18.5 Å². The molecule has 2 aromatic rings. The molecule has 0 spiro atoms. The molecular formula is C16H16FNO2S. The SMILES string of the molecule is C[C@H](N)c1ccc(Sc2ccc3c(c2)OCCO3)c(F)c1. The second kappa shape index (κ2) is 5.95. The zero-order chi connectivity index (χ0) is 14.8. The molecule has 3 nitrogen and oxygen atoms in total. The molecule has 2 aromatic carbocycles. The number of ether oxygens (including phenoxy) is 2. The van der Waals surface area contributed by atoms with Crippen LogP contribution in [0.25, 0.3) is 0 Å². The van der Waals surface area contributed by atoms with E-state index in [0.29, 0.717) is 23.9 Å². The number of hydrogen-bond acceptors (Lipinski definition) is 4. The Labute approximate surface area is 127 Å². The third-order valence-electron chi connectivity index (χ3n) is 3.22. The standard InChI is InChI=1S/C16H16FNO2S/c1-10(18)11-2-5-16(13(17)8-11)21-12-3-4-14-15(9-12)20-7-6-19-14/h2-5,8-10H,6-7,18H2,1H3/t10-/m0/s1. The van der Waals surface area contributed by atoms with Gasteiger partial charge < -0.3 is 15.2 Å². The Kier molecular flexibility index (Phi) is 4.03. The van der Waals surface area contributed by atoms with Crippen molar-refractivity contribution < 1.29 is 13.9 Å². The molecule has 0 saturated heterocycles. The van der Waals surface area contributed by atoms with Crippen molar-refractivity contribution in [2.45, 2.75) is 22.8 Å². The summed E-state index contributed by atoms with van der Waals surface area (Å²) in [5, 5.41) is 0. The number of halogens is 1. The minimum absolute atomic E-state index is 0.173. The summed E-state index contributed by atoms with van der Waals surface area (Å²) >= 11 is 1.36. The predicted octanol–water partition coefficient (Wildman–Crippen LogP) is 3.77. The van der Waals surface area contributed by atoms with E-state index < -0.39 is 0 Å². The van der Waals surface area contributed by atoms with Crippen LogP contribution >= 0.6 is 11.8 Å². The lowest BCUT2D eigenvalue weighted by Gasteiger charge is -2.18. The summed E-state index contributed by atoms with van der Waals surface area (Å²) in [7, 11) is 0. The average Bonchev–Trinajstić information content (AvgIpc) is 2.49. The van der Waals surface area contributed by atoms with E-state index in [2.05, 4.69) is 0 Å². The zero-order valence-electron chi connectivity index (χ0n) is 11.6. The minimum Gasteiger partial charge on any atom is -0.486 e. The molecule has 0 saturated carbocycles. The van der Waals surface area contributed by atoms with E-state index in [-0.39, 0.29) is 11.9 Å². The quantitative estimate of drug-likeness (QED) is 0.937. The highest BCUT2D eigenvalue weighted by molar-refractivity contribution is 7.99. The highest BCUT2D eigenvalue weighted by Crippen LogP contribution is 2.37. The molecule has 0 bridgehead atoms. The van der Waals surface area contributed by atoms with Gasteiger partial charge in [-0.2, -0.15) is 0 Å². The summed E-state index contributed by atoms with van der Waals surface area (Å²) in [4.78, 5) is 1.47. The summed E-state index contributed by atoms with van der Waals surface area (Å²) < 4.78 is 25.1. The summed E-state index contributed by atoms with van der Waals surface area (Å²) in [5.41, 5.74) is 6.55. The van der Waals surface area contributed by atoms with Crippen LogP contribution in [-0.2, 0) is 0 Å². The second-order valence-corrected chi connectivity index (χ2v) is 6.00. The summed E-state index contributed by atoms with van der Waals surface area (Å²) in [6, 6.07) is 10.6. The van der Waals surface area contributed by atoms with Crippen LogP contribution in [0.3, 0.4) is 0 Å². The predicted molar refractivity (Wildman–Crippen MR) is 80.6 cm³/mol. The minimum atomic E-state index is -0.260. The molecule has 0 unspecified atom stereocenters. The molecule has 21 heavy (non-hydrogen) atoms. The molecule has 1 atom stereocenters. The molecule has 0 amide bonds. The molecule has 110 valence electrons. The zero-order valence-corrected chi connectivity index (χ0v) is 12.5. The second-order valence-electron chi connectivity index (χ2n) is 4.89. The van der Waals surface area contributed by atoms with Gasteiger partial charge in [0.25, 0.3) is 0 Å². The number of benzene rings is 2. The van der Waals surface area contributed by atoms with Crippen LogP contribution < -0.4 is 15.2 Å². The fraction of sp³-hybridized carbons (Fsp3) is 0.250. The summed E-state index contributed by atoms with van der Waals surface area (Å²) in [6.45, 7) is 2.94. The Morgan fingerprint density at radius 3 is 2.57 bits per heavy atom. The van der Waals surface area contributed by atoms with Crippen molar-refractivity contribution in [3.63, 3.8) is 0 Å². The average molecular weight is 305 g/mol. The van der Waals surface area contributed by atoms with Crippen molar-refractivity contribution in [2.24, 2.45) is 5.73 Å². The van der Waals surface area contributed by atoms with E-state index in [4.69, 9.17) is 15.2 Å². The van der Waals surface area contributed by atoms with Crippen molar-refractivity contribution in [1.82, 2.24) is 0 Å². The van der Waals surface area contributed by atoms with Gasteiger partial charge in [-0.1, -0.05) is 17.8 Å². The van der Waals surface area contributed by atoms with Crippen LogP contribution in [0.15, 0.2) is 46.2 Å². The molecule has 2 N–H and O–H groups in total. The first kappa shape index (κ1) is 14.2. The van der Waals surface area contributed by atoms with E-state index in [1.165, 1.54) is 17.8 Å². The molecule has 0 radical (unpaired) electrons. The maximum absolute atomic E-state index is 14.1. The first-order valence-electron chi connectivity index (χ1n) is 6.76. The van der Waals surface area contributed by atoms with Crippen LogP contribution in [0, 0.1) is 5.82 Å². The number of nitrogens with two attached hydrogens (primary N) is 1. The highest BCUT2D eigenvalue weighted by atomic mass is 32.2. The molecular weight excluding hydrogens is 289 g/mol. The lowest BCUT2D eigenvalue weighted by Crippen LogP contribution is -2.15. The van der Waals surface area contributed by atoms with E-state index in [9.17, 15) is 4.39 Å².